The Morgan fingerprint density at radius 3 is 2.88 bits per heavy atom. The highest BCUT2D eigenvalue weighted by molar-refractivity contribution is 5.97. The third-order valence-corrected chi connectivity index (χ3v) is 4.89. The maximum atomic E-state index is 12.9. The monoisotopic (exact) mass is 355 g/mol. The fourth-order valence-electron chi connectivity index (χ4n) is 3.59. The molecule has 2 atom stereocenters. The molecule has 136 valence electrons. The number of ether oxygens (including phenoxy) is 2. The van der Waals surface area contributed by atoms with Gasteiger partial charge in [-0.25, -0.2) is 9.97 Å². The Balaban J connectivity index is 1.49. The Hall–Kier alpha value is -2.74. The molecule has 2 saturated heterocycles. The molecule has 0 saturated carbocycles. The number of anilines is 1. The molecule has 0 N–H and O–H groups in total. The number of likely N-dealkylation sites (tertiary alicyclic amines) is 1. The van der Waals surface area contributed by atoms with Crippen LogP contribution in [0.15, 0.2) is 36.9 Å². The van der Waals surface area contributed by atoms with Crippen LogP contribution in [0.25, 0.3) is 0 Å². The van der Waals surface area contributed by atoms with Crippen molar-refractivity contribution in [2.45, 2.75) is 6.10 Å². The minimum atomic E-state index is -0.0524. The van der Waals surface area contributed by atoms with Crippen LogP contribution in [0.4, 0.5) is 5.95 Å². The van der Waals surface area contributed by atoms with Crippen LogP contribution in [0.3, 0.4) is 0 Å². The van der Waals surface area contributed by atoms with Crippen LogP contribution < -0.4 is 9.64 Å². The van der Waals surface area contributed by atoms with E-state index in [1.54, 1.807) is 44.0 Å². The molecule has 2 aromatic rings. The highest BCUT2D eigenvalue weighted by Crippen LogP contribution is 2.28. The summed E-state index contributed by atoms with van der Waals surface area (Å²) >= 11 is 0. The maximum Gasteiger partial charge on any atom is 0.257 e. The van der Waals surface area contributed by atoms with Gasteiger partial charge in [-0.15, -0.1) is 0 Å². The first-order valence-electron chi connectivity index (χ1n) is 8.67. The standard InChI is InChI=1S/C18H21N5O3/c1-25-15-9-19-6-3-14(15)17(24)23-11-13-10-22(7-8-26-16(13)12-23)18-20-4-2-5-21-18/h2-6,9,13,16H,7-8,10-12H2,1H3/t13-,16+/m0/s1. The predicted molar refractivity (Wildman–Crippen MR) is 94.2 cm³/mol. The van der Waals surface area contributed by atoms with Gasteiger partial charge in [0.2, 0.25) is 5.95 Å². The third kappa shape index (κ3) is 3.20. The van der Waals surface area contributed by atoms with Crippen molar-refractivity contribution in [2.24, 2.45) is 5.92 Å². The minimum absolute atomic E-state index is 0.0282. The van der Waals surface area contributed by atoms with E-state index in [0.717, 1.165) is 13.1 Å². The van der Waals surface area contributed by atoms with Crippen LogP contribution >= 0.6 is 0 Å². The number of pyridine rings is 1. The first-order valence-corrected chi connectivity index (χ1v) is 8.67. The smallest absolute Gasteiger partial charge is 0.257 e. The highest BCUT2D eigenvalue weighted by Gasteiger charge is 2.39. The van der Waals surface area contributed by atoms with E-state index < -0.39 is 0 Å². The number of aromatic nitrogens is 3. The quantitative estimate of drug-likeness (QED) is 0.808. The molecule has 2 aliphatic rings. The van der Waals surface area contributed by atoms with Gasteiger partial charge in [-0.1, -0.05) is 0 Å². The topological polar surface area (TPSA) is 80.7 Å². The zero-order chi connectivity index (χ0) is 17.9. The molecule has 0 aromatic carbocycles. The number of hydrogen-bond donors (Lipinski definition) is 0. The number of rotatable bonds is 3. The van der Waals surface area contributed by atoms with Gasteiger partial charge in [0.15, 0.2) is 0 Å². The summed E-state index contributed by atoms with van der Waals surface area (Å²) in [6.45, 7) is 3.34. The zero-order valence-corrected chi connectivity index (χ0v) is 14.6. The van der Waals surface area contributed by atoms with Gasteiger partial charge in [0.1, 0.15) is 5.75 Å². The van der Waals surface area contributed by atoms with Crippen molar-refractivity contribution in [1.82, 2.24) is 19.9 Å². The first-order chi connectivity index (χ1) is 12.8. The summed E-state index contributed by atoms with van der Waals surface area (Å²) in [5.41, 5.74) is 0.530. The lowest BCUT2D eigenvalue weighted by Gasteiger charge is -2.23. The van der Waals surface area contributed by atoms with E-state index in [-0.39, 0.29) is 17.9 Å². The van der Waals surface area contributed by atoms with E-state index in [1.807, 2.05) is 4.90 Å². The number of amides is 1. The van der Waals surface area contributed by atoms with Gasteiger partial charge >= 0.3 is 0 Å². The molecule has 0 radical (unpaired) electrons. The summed E-state index contributed by atoms with van der Waals surface area (Å²) in [5, 5.41) is 0. The van der Waals surface area contributed by atoms with E-state index in [1.165, 1.54) is 0 Å². The molecular weight excluding hydrogens is 334 g/mol. The van der Waals surface area contributed by atoms with Crippen LogP contribution in [0, 0.1) is 5.92 Å². The summed E-state index contributed by atoms with van der Waals surface area (Å²) in [4.78, 5) is 29.6. The largest absolute Gasteiger partial charge is 0.494 e. The first kappa shape index (κ1) is 16.7. The van der Waals surface area contributed by atoms with Crippen molar-refractivity contribution in [3.63, 3.8) is 0 Å². The van der Waals surface area contributed by atoms with Gasteiger partial charge in [0.25, 0.3) is 5.91 Å². The average Bonchev–Trinajstić information content (AvgIpc) is 2.99. The second kappa shape index (κ2) is 7.25. The van der Waals surface area contributed by atoms with Crippen molar-refractivity contribution in [1.29, 1.82) is 0 Å². The van der Waals surface area contributed by atoms with E-state index >= 15 is 0 Å². The number of carbonyl (C=O) groups is 1. The fraction of sp³-hybridized carbons (Fsp3) is 0.444. The van der Waals surface area contributed by atoms with Crippen LogP contribution in [-0.4, -0.2) is 71.8 Å². The molecule has 4 rings (SSSR count). The second-order valence-corrected chi connectivity index (χ2v) is 6.45. The highest BCUT2D eigenvalue weighted by atomic mass is 16.5. The molecule has 0 spiro atoms. The summed E-state index contributed by atoms with van der Waals surface area (Å²) in [6.07, 6.45) is 6.68. The van der Waals surface area contributed by atoms with Crippen molar-refractivity contribution < 1.29 is 14.3 Å². The lowest BCUT2D eigenvalue weighted by molar-refractivity contribution is 0.0497. The molecule has 2 fully saturated rings. The average molecular weight is 355 g/mol. The molecule has 26 heavy (non-hydrogen) atoms. The minimum Gasteiger partial charge on any atom is -0.494 e. The van der Waals surface area contributed by atoms with E-state index in [0.29, 0.717) is 37.0 Å². The normalized spacial score (nSPS) is 22.7. The molecule has 4 heterocycles. The van der Waals surface area contributed by atoms with E-state index in [9.17, 15) is 4.79 Å². The van der Waals surface area contributed by atoms with Crippen molar-refractivity contribution >= 4 is 11.9 Å². The summed E-state index contributed by atoms with van der Waals surface area (Å²) < 4.78 is 11.3. The maximum absolute atomic E-state index is 12.9. The van der Waals surface area contributed by atoms with Gasteiger partial charge in [-0.05, 0) is 12.1 Å². The van der Waals surface area contributed by atoms with Gasteiger partial charge in [0, 0.05) is 50.7 Å². The Labute approximate surface area is 151 Å². The summed E-state index contributed by atoms with van der Waals surface area (Å²) in [7, 11) is 1.54. The zero-order valence-electron chi connectivity index (χ0n) is 14.6. The number of methoxy groups -OCH3 is 1. The van der Waals surface area contributed by atoms with Gasteiger partial charge < -0.3 is 19.3 Å². The van der Waals surface area contributed by atoms with Crippen molar-refractivity contribution in [2.75, 3.05) is 44.8 Å². The molecule has 1 amide bonds. The second-order valence-electron chi connectivity index (χ2n) is 6.45. The molecule has 0 aliphatic carbocycles. The molecular formula is C18H21N5O3. The Kier molecular flexibility index (Phi) is 4.66. The van der Waals surface area contributed by atoms with Gasteiger partial charge in [0.05, 0.1) is 31.6 Å². The Bertz CT molecular complexity index is 772. The molecule has 8 heteroatoms. The summed E-state index contributed by atoms with van der Waals surface area (Å²) in [6, 6.07) is 3.50. The third-order valence-electron chi connectivity index (χ3n) is 4.89. The van der Waals surface area contributed by atoms with Crippen molar-refractivity contribution in [3.8, 4) is 5.75 Å². The van der Waals surface area contributed by atoms with Gasteiger partial charge in [-0.2, -0.15) is 0 Å². The molecule has 8 nitrogen and oxygen atoms in total. The van der Waals surface area contributed by atoms with E-state index in [2.05, 4.69) is 19.9 Å². The Morgan fingerprint density at radius 1 is 1.23 bits per heavy atom. The van der Waals surface area contributed by atoms with Crippen LogP contribution in [-0.2, 0) is 4.74 Å². The molecule has 2 aromatic heterocycles. The SMILES string of the molecule is COc1cnccc1C(=O)N1C[C@@H]2CN(c3ncccn3)CCO[C@@H]2C1. The van der Waals surface area contributed by atoms with Gasteiger partial charge in [-0.3, -0.25) is 9.78 Å². The van der Waals surface area contributed by atoms with Crippen LogP contribution in [0.5, 0.6) is 5.75 Å². The number of fused-ring (bicyclic) bond motifs is 1. The fourth-order valence-corrected chi connectivity index (χ4v) is 3.59. The predicted octanol–water partition coefficient (Wildman–Crippen LogP) is 0.858. The lowest BCUT2D eigenvalue weighted by Crippen LogP contribution is -2.35. The molecule has 0 unspecified atom stereocenters. The summed E-state index contributed by atoms with van der Waals surface area (Å²) in [5.74, 6) is 1.36. The van der Waals surface area contributed by atoms with Crippen LogP contribution in [0.1, 0.15) is 10.4 Å². The molecule has 2 aliphatic heterocycles. The number of carbonyl (C=O) groups excluding carboxylic acids is 1. The Morgan fingerprint density at radius 2 is 2.08 bits per heavy atom. The number of hydrogen-bond acceptors (Lipinski definition) is 7. The number of nitrogens with zero attached hydrogens (tertiary/aromatic N) is 5. The van der Waals surface area contributed by atoms with Crippen LogP contribution in [0.2, 0.25) is 0 Å². The molecule has 0 bridgehead atoms. The van der Waals surface area contributed by atoms with Crippen molar-refractivity contribution in [3.05, 3.63) is 42.5 Å². The lowest BCUT2D eigenvalue weighted by atomic mass is 10.1. The van der Waals surface area contributed by atoms with E-state index in [4.69, 9.17) is 9.47 Å².